The Morgan fingerprint density at radius 3 is 2.82 bits per heavy atom. The molecule has 0 unspecified atom stereocenters. The van der Waals surface area contributed by atoms with Crippen LogP contribution in [0.25, 0.3) is 0 Å². The molecule has 0 aliphatic heterocycles. The van der Waals surface area contributed by atoms with Gasteiger partial charge in [-0.1, -0.05) is 11.6 Å². The van der Waals surface area contributed by atoms with Gasteiger partial charge in [-0.15, -0.1) is 10.2 Å². The number of nitrogens with zero attached hydrogens (tertiary/aromatic N) is 3. The average molecular weight is 272 g/mol. The predicted octanol–water partition coefficient (Wildman–Crippen LogP) is 2.28. The largest absolute Gasteiger partial charge is 0.478 e. The molecule has 0 amide bonds. The van der Waals surface area contributed by atoms with Crippen molar-refractivity contribution < 1.29 is 14.3 Å². The highest BCUT2D eigenvalue weighted by molar-refractivity contribution is 7.99. The van der Waals surface area contributed by atoms with Crippen molar-refractivity contribution in [2.24, 2.45) is 0 Å². The van der Waals surface area contributed by atoms with Crippen molar-refractivity contribution in [1.82, 2.24) is 15.2 Å². The highest BCUT2D eigenvalue weighted by Gasteiger charge is 2.12. The number of aromatic carboxylic acids is 1. The molecule has 0 aliphatic rings. The zero-order valence-corrected chi connectivity index (χ0v) is 10.1. The molecule has 0 saturated carbocycles. The van der Waals surface area contributed by atoms with Gasteiger partial charge in [0.25, 0.3) is 5.22 Å². The molecule has 2 heterocycles. The van der Waals surface area contributed by atoms with Gasteiger partial charge in [-0.3, -0.25) is 0 Å². The highest BCUT2D eigenvalue weighted by Crippen LogP contribution is 2.30. The molecule has 0 atom stereocenters. The van der Waals surface area contributed by atoms with Gasteiger partial charge in [0.15, 0.2) is 0 Å². The van der Waals surface area contributed by atoms with Gasteiger partial charge in [0.05, 0.1) is 10.6 Å². The minimum absolute atomic E-state index is 0.0288. The summed E-state index contributed by atoms with van der Waals surface area (Å²) in [5, 5.41) is 17.1. The van der Waals surface area contributed by atoms with Crippen LogP contribution in [-0.2, 0) is 0 Å². The first-order valence-electron chi connectivity index (χ1n) is 4.43. The van der Waals surface area contributed by atoms with E-state index in [-0.39, 0.29) is 10.6 Å². The molecule has 0 radical (unpaired) electrons. The molecule has 1 N–H and O–H groups in total. The fourth-order valence-corrected chi connectivity index (χ4v) is 1.97. The number of rotatable bonds is 3. The lowest BCUT2D eigenvalue weighted by molar-refractivity contribution is 0.0696. The number of aromatic nitrogens is 3. The minimum atomic E-state index is -1.08. The Morgan fingerprint density at radius 1 is 1.53 bits per heavy atom. The molecular formula is C9H6ClN3O3S. The summed E-state index contributed by atoms with van der Waals surface area (Å²) in [6.45, 7) is 1.67. The van der Waals surface area contributed by atoms with Gasteiger partial charge >= 0.3 is 5.97 Å². The van der Waals surface area contributed by atoms with Crippen LogP contribution in [0.15, 0.2) is 26.9 Å². The number of carboxylic acid groups (broad SMARTS) is 1. The Kier molecular flexibility index (Phi) is 3.30. The van der Waals surface area contributed by atoms with Crippen LogP contribution in [0.3, 0.4) is 0 Å². The summed E-state index contributed by atoms with van der Waals surface area (Å²) in [5.41, 5.74) is 0.0288. The second kappa shape index (κ2) is 4.72. The topological polar surface area (TPSA) is 89.1 Å². The Bertz CT molecular complexity index is 572. The van der Waals surface area contributed by atoms with Crippen molar-refractivity contribution in [2.75, 3.05) is 0 Å². The second-order valence-corrected chi connectivity index (χ2v) is 4.35. The summed E-state index contributed by atoms with van der Waals surface area (Å²) in [6.07, 6.45) is 1.22. The van der Waals surface area contributed by atoms with E-state index in [0.29, 0.717) is 16.1 Å². The van der Waals surface area contributed by atoms with Crippen molar-refractivity contribution in [1.29, 1.82) is 0 Å². The fraction of sp³-hybridized carbons (Fsp3) is 0.111. The first-order chi connectivity index (χ1) is 8.06. The maximum Gasteiger partial charge on any atom is 0.337 e. The Balaban J connectivity index is 2.25. The Labute approximate surface area is 105 Å². The van der Waals surface area contributed by atoms with Crippen LogP contribution in [0.4, 0.5) is 0 Å². The summed E-state index contributed by atoms with van der Waals surface area (Å²) >= 11 is 6.97. The smallest absolute Gasteiger partial charge is 0.337 e. The quantitative estimate of drug-likeness (QED) is 0.916. The lowest BCUT2D eigenvalue weighted by atomic mass is 10.3. The normalized spacial score (nSPS) is 10.5. The highest BCUT2D eigenvalue weighted by atomic mass is 35.5. The van der Waals surface area contributed by atoms with Gasteiger partial charge < -0.3 is 9.52 Å². The van der Waals surface area contributed by atoms with Crippen LogP contribution in [0.1, 0.15) is 16.2 Å². The summed E-state index contributed by atoms with van der Waals surface area (Å²) in [7, 11) is 0. The lowest BCUT2D eigenvalue weighted by Crippen LogP contribution is -1.97. The molecule has 17 heavy (non-hydrogen) atoms. The minimum Gasteiger partial charge on any atom is -0.478 e. The second-order valence-electron chi connectivity index (χ2n) is 3.01. The number of pyridine rings is 1. The summed E-state index contributed by atoms with van der Waals surface area (Å²) in [6, 6.07) is 1.32. The van der Waals surface area contributed by atoms with E-state index in [2.05, 4.69) is 15.2 Å². The maximum atomic E-state index is 10.7. The number of aryl methyl sites for hydroxylation is 1. The van der Waals surface area contributed by atoms with Crippen LogP contribution < -0.4 is 0 Å². The molecule has 0 aliphatic carbocycles. The zero-order chi connectivity index (χ0) is 12.4. The molecule has 2 aromatic rings. The molecule has 88 valence electrons. The molecule has 2 rings (SSSR count). The van der Waals surface area contributed by atoms with E-state index < -0.39 is 5.97 Å². The van der Waals surface area contributed by atoms with Crippen LogP contribution >= 0.6 is 23.4 Å². The van der Waals surface area contributed by atoms with Crippen molar-refractivity contribution in [3.63, 3.8) is 0 Å². The number of hydrogen-bond acceptors (Lipinski definition) is 6. The number of hydrogen-bond donors (Lipinski definition) is 1. The van der Waals surface area contributed by atoms with E-state index >= 15 is 0 Å². The van der Waals surface area contributed by atoms with Crippen molar-refractivity contribution in [3.8, 4) is 0 Å². The molecular weight excluding hydrogens is 266 g/mol. The monoisotopic (exact) mass is 271 g/mol. The lowest BCUT2D eigenvalue weighted by Gasteiger charge is -2.00. The van der Waals surface area contributed by atoms with Gasteiger partial charge in [0, 0.05) is 13.1 Å². The molecule has 0 saturated heterocycles. The van der Waals surface area contributed by atoms with E-state index in [1.807, 2.05) is 0 Å². The third kappa shape index (κ3) is 2.75. The molecule has 8 heteroatoms. The van der Waals surface area contributed by atoms with Crippen LogP contribution in [0.2, 0.25) is 5.02 Å². The SMILES string of the molecule is Cc1nnc(Sc2ncc(C(=O)O)cc2Cl)o1. The van der Waals surface area contributed by atoms with Crippen LogP contribution in [0.5, 0.6) is 0 Å². The van der Waals surface area contributed by atoms with Crippen molar-refractivity contribution >= 4 is 29.3 Å². The first kappa shape index (κ1) is 11.9. The summed E-state index contributed by atoms with van der Waals surface area (Å²) in [5.74, 6) is -0.643. The summed E-state index contributed by atoms with van der Waals surface area (Å²) < 4.78 is 5.15. The number of carboxylic acids is 1. The van der Waals surface area contributed by atoms with E-state index in [0.717, 1.165) is 11.8 Å². The number of halogens is 1. The van der Waals surface area contributed by atoms with Crippen molar-refractivity contribution in [3.05, 3.63) is 28.7 Å². The number of carbonyl (C=O) groups is 1. The maximum absolute atomic E-state index is 10.7. The fourth-order valence-electron chi connectivity index (χ4n) is 1.02. The van der Waals surface area contributed by atoms with Crippen LogP contribution in [-0.4, -0.2) is 26.3 Å². The van der Waals surface area contributed by atoms with E-state index in [1.54, 1.807) is 6.92 Å². The van der Waals surface area contributed by atoms with Gasteiger partial charge in [-0.05, 0) is 17.8 Å². The van der Waals surface area contributed by atoms with E-state index in [4.69, 9.17) is 21.1 Å². The average Bonchev–Trinajstić information content (AvgIpc) is 2.67. The van der Waals surface area contributed by atoms with E-state index in [1.165, 1.54) is 12.3 Å². The third-order valence-corrected chi connectivity index (χ3v) is 3.00. The molecule has 2 aromatic heterocycles. The zero-order valence-electron chi connectivity index (χ0n) is 8.55. The van der Waals surface area contributed by atoms with Gasteiger partial charge in [-0.2, -0.15) is 0 Å². The van der Waals surface area contributed by atoms with Gasteiger partial charge in [0.1, 0.15) is 5.03 Å². The first-order valence-corrected chi connectivity index (χ1v) is 5.62. The predicted molar refractivity (Wildman–Crippen MR) is 59.4 cm³/mol. The standard InChI is InChI=1S/C9H6ClN3O3S/c1-4-12-13-9(16-4)17-7-6(10)2-5(3-11-7)8(14)15/h2-3H,1H3,(H,14,15). The molecule has 6 nitrogen and oxygen atoms in total. The molecule has 0 spiro atoms. The van der Waals surface area contributed by atoms with Gasteiger partial charge in [-0.25, -0.2) is 9.78 Å². The summed E-state index contributed by atoms with van der Waals surface area (Å²) in [4.78, 5) is 14.6. The van der Waals surface area contributed by atoms with Crippen LogP contribution in [0, 0.1) is 6.92 Å². The Hall–Kier alpha value is -1.60. The van der Waals surface area contributed by atoms with Gasteiger partial charge in [0.2, 0.25) is 5.89 Å². The van der Waals surface area contributed by atoms with Crippen molar-refractivity contribution in [2.45, 2.75) is 17.2 Å². The molecule has 0 bridgehead atoms. The molecule has 0 fully saturated rings. The van der Waals surface area contributed by atoms with E-state index in [9.17, 15) is 4.79 Å². The molecule has 0 aromatic carbocycles. The third-order valence-electron chi connectivity index (χ3n) is 1.75. The Morgan fingerprint density at radius 2 is 2.29 bits per heavy atom.